The molecule has 2 saturated carbocycles. The normalized spacial score (nSPS) is 19.4. The summed E-state index contributed by atoms with van der Waals surface area (Å²) < 4.78 is 0. The Morgan fingerprint density at radius 1 is 0.903 bits per heavy atom. The highest BCUT2D eigenvalue weighted by Crippen LogP contribution is 2.42. The third-order valence-electron chi connectivity index (χ3n) is 6.41. The molecule has 2 aliphatic carbocycles. The van der Waals surface area contributed by atoms with Crippen molar-refractivity contribution in [2.75, 3.05) is 18.5 Å². The van der Waals surface area contributed by atoms with E-state index in [0.717, 1.165) is 22.7 Å². The summed E-state index contributed by atoms with van der Waals surface area (Å²) in [6.07, 6.45) is 4.03. The van der Waals surface area contributed by atoms with Crippen molar-refractivity contribution >= 4 is 24.0 Å². The van der Waals surface area contributed by atoms with Crippen LogP contribution in [0.3, 0.4) is 0 Å². The average molecular weight is 433 g/mol. The van der Waals surface area contributed by atoms with Crippen molar-refractivity contribution in [3.8, 4) is 11.1 Å². The zero-order valence-electron chi connectivity index (χ0n) is 17.8. The van der Waals surface area contributed by atoms with Crippen molar-refractivity contribution in [3.05, 3.63) is 90.0 Å². The molecule has 4 heteroatoms. The van der Waals surface area contributed by atoms with Crippen molar-refractivity contribution in [1.82, 2.24) is 5.32 Å². The number of carbonyl (C=O) groups excluding carboxylic acids is 1. The van der Waals surface area contributed by atoms with E-state index in [9.17, 15) is 4.79 Å². The summed E-state index contributed by atoms with van der Waals surface area (Å²) in [5.74, 6) is 1.57. The van der Waals surface area contributed by atoms with Gasteiger partial charge >= 0.3 is 0 Å². The number of hydrogen-bond donors (Lipinski definition) is 1. The minimum atomic E-state index is 0. The van der Waals surface area contributed by atoms with Gasteiger partial charge in [0.15, 0.2) is 0 Å². The topological polar surface area (TPSA) is 32.3 Å². The largest absolute Gasteiger partial charge is 0.313 e. The van der Waals surface area contributed by atoms with Crippen LogP contribution < -0.4 is 10.2 Å². The third kappa shape index (κ3) is 5.00. The van der Waals surface area contributed by atoms with Crippen LogP contribution in [0, 0.1) is 5.92 Å². The Morgan fingerprint density at radius 2 is 1.55 bits per heavy atom. The van der Waals surface area contributed by atoms with Crippen molar-refractivity contribution in [2.45, 2.75) is 31.2 Å². The predicted octanol–water partition coefficient (Wildman–Crippen LogP) is 5.91. The second kappa shape index (κ2) is 9.25. The summed E-state index contributed by atoms with van der Waals surface area (Å²) in [5, 5.41) is 3.70. The first-order valence-corrected chi connectivity index (χ1v) is 11.0. The van der Waals surface area contributed by atoms with Gasteiger partial charge in [0, 0.05) is 30.3 Å². The lowest BCUT2D eigenvalue weighted by atomic mass is 10.0. The molecular formula is C27H29ClN2O. The summed E-state index contributed by atoms with van der Waals surface area (Å²) >= 11 is 0. The van der Waals surface area contributed by atoms with E-state index >= 15 is 0 Å². The minimum absolute atomic E-state index is 0. The van der Waals surface area contributed by atoms with Crippen LogP contribution in [0.15, 0.2) is 78.9 Å². The molecule has 0 aromatic heterocycles. The number of benzene rings is 3. The maximum absolute atomic E-state index is 12.9. The molecule has 3 aromatic rings. The van der Waals surface area contributed by atoms with Gasteiger partial charge in [-0.15, -0.1) is 12.4 Å². The maximum atomic E-state index is 12.9. The Hall–Kier alpha value is -2.62. The van der Waals surface area contributed by atoms with Crippen LogP contribution in [0.4, 0.5) is 5.69 Å². The molecule has 0 heterocycles. The van der Waals surface area contributed by atoms with Gasteiger partial charge in [-0.3, -0.25) is 4.79 Å². The molecule has 0 radical (unpaired) electrons. The van der Waals surface area contributed by atoms with Crippen molar-refractivity contribution < 1.29 is 4.79 Å². The highest BCUT2D eigenvalue weighted by Gasteiger charge is 2.38. The number of amides is 1. The van der Waals surface area contributed by atoms with E-state index in [1.807, 2.05) is 49.5 Å². The van der Waals surface area contributed by atoms with E-state index in [4.69, 9.17) is 0 Å². The van der Waals surface area contributed by atoms with Crippen LogP contribution in [0.5, 0.6) is 0 Å². The van der Waals surface area contributed by atoms with Crippen LogP contribution in [0.1, 0.15) is 41.1 Å². The van der Waals surface area contributed by atoms with Crippen LogP contribution >= 0.6 is 12.4 Å². The van der Waals surface area contributed by atoms with Crippen LogP contribution in [-0.4, -0.2) is 25.5 Å². The van der Waals surface area contributed by atoms with Gasteiger partial charge in [0.2, 0.25) is 0 Å². The number of hydrogen-bond acceptors (Lipinski definition) is 2. The number of nitrogens with one attached hydrogen (secondary N) is 1. The molecule has 160 valence electrons. The Bertz CT molecular complexity index is 1010. The fraction of sp³-hybridized carbons (Fsp3) is 0.296. The smallest absolute Gasteiger partial charge is 0.258 e. The number of carbonyl (C=O) groups is 1. The molecule has 2 aliphatic rings. The Morgan fingerprint density at radius 3 is 2.19 bits per heavy atom. The van der Waals surface area contributed by atoms with Gasteiger partial charge in [0.05, 0.1) is 0 Å². The van der Waals surface area contributed by atoms with E-state index in [1.54, 1.807) is 4.90 Å². The summed E-state index contributed by atoms with van der Waals surface area (Å²) in [5.41, 5.74) is 5.28. The second-order valence-corrected chi connectivity index (χ2v) is 8.70. The maximum Gasteiger partial charge on any atom is 0.258 e. The molecule has 0 spiro atoms. The third-order valence-corrected chi connectivity index (χ3v) is 6.41. The van der Waals surface area contributed by atoms with E-state index in [0.29, 0.717) is 17.5 Å². The second-order valence-electron chi connectivity index (χ2n) is 8.70. The van der Waals surface area contributed by atoms with E-state index in [1.165, 1.54) is 31.4 Å². The SMILES string of the molecule is CN(C(=O)c1ccc(-c2ccccc2)cc1)c1ccc(C2CC2NCC2CC2)cc1.Cl. The van der Waals surface area contributed by atoms with Gasteiger partial charge in [-0.25, -0.2) is 0 Å². The summed E-state index contributed by atoms with van der Waals surface area (Å²) in [6, 6.07) is 27.2. The molecule has 5 rings (SSSR count). The fourth-order valence-corrected chi connectivity index (χ4v) is 4.12. The molecule has 2 atom stereocenters. The first-order valence-electron chi connectivity index (χ1n) is 11.0. The van der Waals surface area contributed by atoms with Gasteiger partial charge in [-0.05, 0) is 72.7 Å². The first-order chi connectivity index (χ1) is 14.7. The minimum Gasteiger partial charge on any atom is -0.313 e. The standard InChI is InChI=1S/C27H28N2O.ClH/c1-29(27(30)23-11-9-21(10-12-23)20-5-3-2-4-6-20)24-15-13-22(14-16-24)25-17-26(25)28-18-19-7-8-19;/h2-6,9-16,19,25-26,28H,7-8,17-18H2,1H3;1H. The molecule has 1 N–H and O–H groups in total. The predicted molar refractivity (Wildman–Crippen MR) is 130 cm³/mol. The molecular weight excluding hydrogens is 404 g/mol. The molecule has 0 saturated heterocycles. The Labute approximate surface area is 190 Å². The lowest BCUT2D eigenvalue weighted by molar-refractivity contribution is 0.0993. The Kier molecular flexibility index (Phi) is 6.45. The highest BCUT2D eigenvalue weighted by molar-refractivity contribution is 6.05. The van der Waals surface area contributed by atoms with Gasteiger partial charge < -0.3 is 10.2 Å². The number of anilines is 1. The molecule has 31 heavy (non-hydrogen) atoms. The van der Waals surface area contributed by atoms with Crippen molar-refractivity contribution in [3.63, 3.8) is 0 Å². The lowest BCUT2D eigenvalue weighted by Gasteiger charge is -2.18. The zero-order valence-corrected chi connectivity index (χ0v) is 18.6. The lowest BCUT2D eigenvalue weighted by Crippen LogP contribution is -2.26. The van der Waals surface area contributed by atoms with E-state index in [2.05, 4.69) is 41.7 Å². The van der Waals surface area contributed by atoms with E-state index < -0.39 is 0 Å². The van der Waals surface area contributed by atoms with Crippen molar-refractivity contribution in [2.24, 2.45) is 5.92 Å². The van der Waals surface area contributed by atoms with Gasteiger partial charge in [0.1, 0.15) is 0 Å². The van der Waals surface area contributed by atoms with E-state index in [-0.39, 0.29) is 18.3 Å². The summed E-state index contributed by atoms with van der Waals surface area (Å²) in [6.45, 7) is 1.18. The molecule has 0 bridgehead atoms. The molecule has 3 aromatic carbocycles. The van der Waals surface area contributed by atoms with Gasteiger partial charge in [-0.2, -0.15) is 0 Å². The number of rotatable bonds is 7. The number of halogens is 1. The first kappa shape index (κ1) is 21.6. The fourth-order valence-electron chi connectivity index (χ4n) is 4.12. The summed E-state index contributed by atoms with van der Waals surface area (Å²) in [7, 11) is 1.85. The summed E-state index contributed by atoms with van der Waals surface area (Å²) in [4.78, 5) is 14.7. The van der Waals surface area contributed by atoms with Gasteiger partial charge in [0.25, 0.3) is 5.91 Å². The molecule has 2 fully saturated rings. The quantitative estimate of drug-likeness (QED) is 0.503. The van der Waals surface area contributed by atoms with Gasteiger partial charge in [-0.1, -0.05) is 54.6 Å². The zero-order chi connectivity index (χ0) is 20.5. The number of nitrogens with zero attached hydrogens (tertiary/aromatic N) is 1. The molecule has 1 amide bonds. The molecule has 0 aliphatic heterocycles. The highest BCUT2D eigenvalue weighted by atomic mass is 35.5. The van der Waals surface area contributed by atoms with Crippen LogP contribution in [0.25, 0.3) is 11.1 Å². The van der Waals surface area contributed by atoms with Crippen LogP contribution in [-0.2, 0) is 0 Å². The van der Waals surface area contributed by atoms with Crippen LogP contribution in [0.2, 0.25) is 0 Å². The Balaban J connectivity index is 0.00000231. The molecule has 3 nitrogen and oxygen atoms in total. The monoisotopic (exact) mass is 432 g/mol. The van der Waals surface area contributed by atoms with Crippen molar-refractivity contribution in [1.29, 1.82) is 0 Å². The average Bonchev–Trinajstić information content (AvgIpc) is 3.73. The molecule has 2 unspecified atom stereocenters.